The minimum absolute atomic E-state index is 0.300. The van der Waals surface area contributed by atoms with Crippen LogP contribution in [-0.4, -0.2) is 7.04 Å². The molecule has 0 radical (unpaired) electrons. The number of methoxy groups -OCH3 is 1. The summed E-state index contributed by atoms with van der Waals surface area (Å²) >= 11 is 0. The molecule has 0 bridgehead atoms. The summed E-state index contributed by atoms with van der Waals surface area (Å²) in [6.07, 6.45) is 1.79. The van der Waals surface area contributed by atoms with E-state index in [1.165, 1.54) is 6.08 Å². The Kier molecular flexibility index (Phi) is 1.90. The highest BCUT2D eigenvalue weighted by atomic mass is 19.2. The fraction of sp³-hybridized carbons (Fsp3) is 0.200. The topological polar surface area (TPSA) is 9.23 Å². The molecule has 0 aliphatic carbocycles. The van der Waals surface area contributed by atoms with Gasteiger partial charge in [0.1, 0.15) is 0 Å². The largest absolute Gasteiger partial charge is 0.494 e. The Labute approximate surface area is 79.9 Å². The van der Waals surface area contributed by atoms with Gasteiger partial charge in [-0.15, -0.1) is 6.58 Å². The van der Waals surface area contributed by atoms with Gasteiger partial charge >= 0.3 is 0 Å². The van der Waals surface area contributed by atoms with Crippen LogP contribution in [0.1, 0.15) is 9.68 Å². The van der Waals surface area contributed by atoms with Crippen LogP contribution in [0.4, 0.5) is 8.78 Å². The lowest BCUT2D eigenvalue weighted by Gasteiger charge is -2.04. The van der Waals surface area contributed by atoms with Crippen LogP contribution < -0.4 is 4.74 Å². The first-order valence-electron chi connectivity index (χ1n) is 5.11. The molecule has 1 aromatic carbocycles. The third-order valence-corrected chi connectivity index (χ3v) is 1.54. The van der Waals surface area contributed by atoms with Crippen molar-refractivity contribution in [3.05, 3.63) is 42.0 Å². The van der Waals surface area contributed by atoms with Crippen LogP contribution in [0.25, 0.3) is 0 Å². The second-order valence-corrected chi connectivity index (χ2v) is 2.48. The lowest BCUT2D eigenvalue weighted by atomic mass is 10.1. The van der Waals surface area contributed by atoms with Crippen LogP contribution in [0, 0.1) is 11.6 Å². The summed E-state index contributed by atoms with van der Waals surface area (Å²) in [5.41, 5.74) is 0.396. The van der Waals surface area contributed by atoms with Crippen molar-refractivity contribution >= 4 is 0 Å². The minimum atomic E-state index is -2.81. The quantitative estimate of drug-likeness (QED) is 0.661. The van der Waals surface area contributed by atoms with Crippen molar-refractivity contribution in [1.29, 1.82) is 0 Å². The molecule has 0 aromatic heterocycles. The highest BCUT2D eigenvalue weighted by Crippen LogP contribution is 2.21. The summed E-state index contributed by atoms with van der Waals surface area (Å²) < 4.78 is 51.0. The Morgan fingerprint density at radius 3 is 3.00 bits per heavy atom. The molecule has 0 unspecified atom stereocenters. The van der Waals surface area contributed by atoms with Gasteiger partial charge in [0, 0.05) is 0 Å². The van der Waals surface area contributed by atoms with Crippen molar-refractivity contribution < 1.29 is 17.6 Å². The lowest BCUT2D eigenvalue weighted by Crippen LogP contribution is -1.94. The van der Waals surface area contributed by atoms with E-state index in [1.807, 2.05) is 0 Å². The molecule has 13 heavy (non-hydrogen) atoms. The first kappa shape index (κ1) is 6.13. The maximum Gasteiger partial charge on any atom is 0.200 e. The number of allylic oxidation sites excluding steroid dienone is 1. The van der Waals surface area contributed by atoms with Gasteiger partial charge in [-0.2, -0.15) is 4.39 Å². The van der Waals surface area contributed by atoms with E-state index in [4.69, 9.17) is 4.11 Å². The molecule has 0 N–H and O–H groups in total. The molecular formula is C10H10F2O. The van der Waals surface area contributed by atoms with Gasteiger partial charge in [-0.05, 0) is 24.1 Å². The van der Waals surface area contributed by atoms with Gasteiger partial charge in [0.25, 0.3) is 0 Å². The molecular weight excluding hydrogens is 174 g/mol. The molecule has 0 fully saturated rings. The van der Waals surface area contributed by atoms with Gasteiger partial charge in [0.15, 0.2) is 11.6 Å². The van der Waals surface area contributed by atoms with E-state index in [0.717, 1.165) is 12.1 Å². The molecule has 0 heterocycles. The summed E-state index contributed by atoms with van der Waals surface area (Å²) in [4.78, 5) is 0. The average Bonchev–Trinajstić information content (AvgIpc) is 2.11. The summed E-state index contributed by atoms with van der Waals surface area (Å²) in [6, 6.07) is 2.12. The van der Waals surface area contributed by atoms with Crippen LogP contribution in [-0.2, 0) is 6.42 Å². The number of ether oxygens (including phenoxy) is 1. The van der Waals surface area contributed by atoms with Crippen molar-refractivity contribution in [2.45, 2.75) is 6.42 Å². The molecule has 3 heteroatoms. The first-order valence-corrected chi connectivity index (χ1v) is 3.61. The molecule has 70 valence electrons. The Hall–Kier alpha value is -1.38. The predicted molar refractivity (Wildman–Crippen MR) is 46.8 cm³/mol. The van der Waals surface area contributed by atoms with Crippen molar-refractivity contribution in [1.82, 2.24) is 0 Å². The van der Waals surface area contributed by atoms with Gasteiger partial charge in [-0.3, -0.25) is 0 Å². The molecule has 0 saturated carbocycles. The average molecular weight is 187 g/mol. The number of rotatable bonds is 3. The third kappa shape index (κ3) is 2.05. The zero-order chi connectivity index (χ0) is 12.3. The second kappa shape index (κ2) is 4.03. The molecule has 0 amide bonds. The van der Waals surface area contributed by atoms with E-state index in [9.17, 15) is 8.78 Å². The van der Waals surface area contributed by atoms with Gasteiger partial charge in [0.05, 0.1) is 11.2 Å². The number of halogens is 2. The summed E-state index contributed by atoms with van der Waals surface area (Å²) in [5.74, 6) is -3.06. The van der Waals surface area contributed by atoms with Gasteiger partial charge in [-0.25, -0.2) is 4.39 Å². The van der Waals surface area contributed by atoms with Crippen LogP contribution in [0.2, 0.25) is 0 Å². The van der Waals surface area contributed by atoms with Gasteiger partial charge in [-0.1, -0.05) is 6.08 Å². The molecule has 0 aliphatic rings. The molecule has 1 rings (SSSR count). The van der Waals surface area contributed by atoms with E-state index in [0.29, 0.717) is 12.0 Å². The molecule has 0 atom stereocenters. The van der Waals surface area contributed by atoms with Crippen molar-refractivity contribution in [3.8, 4) is 5.75 Å². The van der Waals surface area contributed by atoms with Crippen molar-refractivity contribution in [2.75, 3.05) is 7.04 Å². The van der Waals surface area contributed by atoms with E-state index in [2.05, 4.69) is 11.3 Å². The Morgan fingerprint density at radius 2 is 2.38 bits per heavy atom. The highest BCUT2D eigenvalue weighted by Gasteiger charge is 2.09. The van der Waals surface area contributed by atoms with Crippen LogP contribution in [0.3, 0.4) is 0 Å². The Morgan fingerprint density at radius 1 is 1.62 bits per heavy atom. The Bertz CT molecular complexity index is 402. The monoisotopic (exact) mass is 187 g/mol. The zero-order valence-corrected chi connectivity index (χ0v) is 6.81. The van der Waals surface area contributed by atoms with Crippen LogP contribution >= 0.6 is 0 Å². The first-order chi connectivity index (χ1) is 7.33. The van der Waals surface area contributed by atoms with E-state index in [1.54, 1.807) is 0 Å². The molecule has 0 aliphatic heterocycles. The van der Waals surface area contributed by atoms with E-state index >= 15 is 0 Å². The predicted octanol–water partition coefficient (Wildman–Crippen LogP) is 2.70. The van der Waals surface area contributed by atoms with Crippen LogP contribution in [0.5, 0.6) is 5.75 Å². The summed E-state index contributed by atoms with van der Waals surface area (Å²) in [5, 5.41) is 0. The standard InChI is InChI=1S/C10H10F2O/c1-3-4-7-5-8(11)10(12)9(6-7)13-2/h3,5-6H,1,4H2,2H3/i2D3. The zero-order valence-electron chi connectivity index (χ0n) is 9.81. The molecule has 0 saturated heterocycles. The van der Waals surface area contributed by atoms with Crippen LogP contribution in [0.15, 0.2) is 24.8 Å². The maximum atomic E-state index is 13.2. The number of hydrogen-bond acceptors (Lipinski definition) is 1. The highest BCUT2D eigenvalue weighted by molar-refractivity contribution is 5.32. The van der Waals surface area contributed by atoms with E-state index in [-0.39, 0.29) is 0 Å². The summed E-state index contributed by atoms with van der Waals surface area (Å²) in [6.45, 7) is 3.44. The van der Waals surface area contributed by atoms with Crippen molar-refractivity contribution in [2.24, 2.45) is 0 Å². The minimum Gasteiger partial charge on any atom is -0.494 e. The fourth-order valence-corrected chi connectivity index (χ4v) is 0.976. The Balaban J connectivity index is 3.11. The third-order valence-electron chi connectivity index (χ3n) is 1.54. The lowest BCUT2D eigenvalue weighted by molar-refractivity contribution is 0.371. The fourth-order valence-electron chi connectivity index (χ4n) is 0.976. The number of benzene rings is 1. The van der Waals surface area contributed by atoms with Gasteiger partial charge < -0.3 is 4.74 Å². The van der Waals surface area contributed by atoms with Gasteiger partial charge in [0.2, 0.25) is 5.82 Å². The molecule has 1 nitrogen and oxygen atoms in total. The van der Waals surface area contributed by atoms with Crippen molar-refractivity contribution in [3.63, 3.8) is 0 Å². The maximum absolute atomic E-state index is 13.2. The number of hydrogen-bond donors (Lipinski definition) is 0. The molecule has 0 spiro atoms. The smallest absolute Gasteiger partial charge is 0.200 e. The SMILES string of the molecule is [2H]C([2H])([2H])Oc1cc(CC=C)cc(F)c1F. The summed E-state index contributed by atoms with van der Waals surface area (Å²) in [7, 11) is -2.81. The molecule has 1 aromatic rings. The van der Waals surface area contributed by atoms with E-state index < -0.39 is 24.4 Å². The normalized spacial score (nSPS) is 14.2. The second-order valence-electron chi connectivity index (χ2n) is 2.48.